The Hall–Kier alpha value is -2.63. The van der Waals surface area contributed by atoms with E-state index in [9.17, 15) is 4.79 Å². The molecule has 1 atom stereocenters. The summed E-state index contributed by atoms with van der Waals surface area (Å²) in [6.07, 6.45) is 6.03. The lowest BCUT2D eigenvalue weighted by Gasteiger charge is -2.41. The summed E-state index contributed by atoms with van der Waals surface area (Å²) in [6.45, 7) is 6.47. The van der Waals surface area contributed by atoms with Crippen molar-refractivity contribution in [3.05, 3.63) is 42.2 Å². The number of anilines is 1. The van der Waals surface area contributed by atoms with Gasteiger partial charge in [0, 0.05) is 37.7 Å². The van der Waals surface area contributed by atoms with Crippen LogP contribution in [-0.2, 0) is 4.79 Å². The first-order valence-corrected chi connectivity index (χ1v) is 10.2. The number of carbonyl (C=O) groups is 1. The molecule has 0 bridgehead atoms. The van der Waals surface area contributed by atoms with E-state index in [1.807, 2.05) is 37.3 Å². The number of aromatic nitrogens is 2. The molecule has 148 valence electrons. The van der Waals surface area contributed by atoms with Crippen molar-refractivity contribution in [2.75, 3.05) is 24.5 Å². The highest BCUT2D eigenvalue weighted by atomic mass is 16.5. The van der Waals surface area contributed by atoms with Crippen LogP contribution in [0.4, 0.5) is 5.82 Å². The summed E-state index contributed by atoms with van der Waals surface area (Å²) < 4.78 is 5.90. The molecule has 4 rings (SSSR count). The fourth-order valence-corrected chi connectivity index (χ4v) is 4.26. The maximum Gasteiger partial charge on any atom is 0.226 e. The molecular formula is C22H28N4O2. The van der Waals surface area contributed by atoms with Crippen molar-refractivity contribution in [1.29, 1.82) is 0 Å². The molecule has 1 aliphatic heterocycles. The second kappa shape index (κ2) is 8.17. The van der Waals surface area contributed by atoms with Crippen molar-refractivity contribution < 1.29 is 9.53 Å². The van der Waals surface area contributed by atoms with Crippen molar-refractivity contribution in [2.24, 2.45) is 5.92 Å². The second-order valence-electron chi connectivity index (χ2n) is 7.94. The molecule has 6 heteroatoms. The number of hydrogen-bond donors (Lipinski definition) is 0. The van der Waals surface area contributed by atoms with Gasteiger partial charge in [-0.25, -0.2) is 9.97 Å². The Kier molecular flexibility index (Phi) is 5.46. The van der Waals surface area contributed by atoms with Crippen LogP contribution in [0.2, 0.25) is 0 Å². The Labute approximate surface area is 166 Å². The van der Waals surface area contributed by atoms with E-state index in [0.29, 0.717) is 11.8 Å². The van der Waals surface area contributed by atoms with E-state index < -0.39 is 0 Å². The number of nitrogens with zero attached hydrogens (tertiary/aromatic N) is 4. The minimum absolute atomic E-state index is 0.179. The highest BCUT2D eigenvalue weighted by Gasteiger charge is 2.33. The van der Waals surface area contributed by atoms with Gasteiger partial charge >= 0.3 is 0 Å². The molecule has 2 heterocycles. The first-order valence-electron chi connectivity index (χ1n) is 10.2. The zero-order chi connectivity index (χ0) is 19.5. The summed E-state index contributed by atoms with van der Waals surface area (Å²) in [6, 6.07) is 9.96. The van der Waals surface area contributed by atoms with Gasteiger partial charge in [0.25, 0.3) is 0 Å². The maximum atomic E-state index is 12.8. The van der Waals surface area contributed by atoms with E-state index in [0.717, 1.165) is 49.6 Å². The van der Waals surface area contributed by atoms with E-state index in [2.05, 4.69) is 26.7 Å². The Morgan fingerprint density at radius 2 is 1.96 bits per heavy atom. The molecule has 28 heavy (non-hydrogen) atoms. The smallest absolute Gasteiger partial charge is 0.226 e. The zero-order valence-electron chi connectivity index (χ0n) is 16.7. The number of rotatable bonds is 4. The Bertz CT molecular complexity index is 835. The van der Waals surface area contributed by atoms with E-state index in [4.69, 9.17) is 4.74 Å². The average molecular weight is 380 g/mol. The molecule has 0 N–H and O–H groups in total. The standard InChI is InChI=1S/C22H28N4O2/c1-16-6-5-9-19(12-16)28-21-13-20(23-15-24-21)25-10-11-26(17(2)14-25)22(27)18-7-3-4-8-18/h5-6,9,12-13,15,17-18H,3-4,7-8,10-11,14H2,1-2H3/t17-/m0/s1. The molecule has 2 aliphatic rings. The van der Waals surface area contributed by atoms with Gasteiger partial charge in [-0.05, 0) is 44.4 Å². The molecule has 1 aromatic heterocycles. The summed E-state index contributed by atoms with van der Waals surface area (Å²) in [4.78, 5) is 25.8. The van der Waals surface area contributed by atoms with Gasteiger partial charge in [-0.1, -0.05) is 25.0 Å². The van der Waals surface area contributed by atoms with Crippen molar-refractivity contribution in [3.8, 4) is 11.6 Å². The highest BCUT2D eigenvalue weighted by molar-refractivity contribution is 5.79. The lowest BCUT2D eigenvalue weighted by molar-refractivity contribution is -0.137. The van der Waals surface area contributed by atoms with Crippen LogP contribution < -0.4 is 9.64 Å². The first kappa shape index (κ1) is 18.7. The van der Waals surface area contributed by atoms with E-state index in [1.165, 1.54) is 12.8 Å². The van der Waals surface area contributed by atoms with Crippen LogP contribution in [0, 0.1) is 12.8 Å². The van der Waals surface area contributed by atoms with Crippen LogP contribution in [0.15, 0.2) is 36.7 Å². The van der Waals surface area contributed by atoms with Crippen molar-refractivity contribution in [3.63, 3.8) is 0 Å². The summed E-state index contributed by atoms with van der Waals surface area (Å²) in [5.74, 6) is 2.73. The van der Waals surface area contributed by atoms with Crippen LogP contribution in [0.5, 0.6) is 11.6 Å². The molecule has 1 aromatic carbocycles. The third kappa shape index (κ3) is 4.11. The monoisotopic (exact) mass is 380 g/mol. The Balaban J connectivity index is 1.42. The molecular weight excluding hydrogens is 352 g/mol. The lowest BCUT2D eigenvalue weighted by Crippen LogP contribution is -2.55. The number of hydrogen-bond acceptors (Lipinski definition) is 5. The maximum absolute atomic E-state index is 12.8. The van der Waals surface area contributed by atoms with Crippen LogP contribution in [0.1, 0.15) is 38.2 Å². The van der Waals surface area contributed by atoms with Gasteiger partial charge in [0.2, 0.25) is 11.8 Å². The van der Waals surface area contributed by atoms with Gasteiger partial charge in [-0.3, -0.25) is 4.79 Å². The molecule has 1 aliphatic carbocycles. The Morgan fingerprint density at radius 1 is 1.14 bits per heavy atom. The molecule has 1 saturated heterocycles. The van der Waals surface area contributed by atoms with Gasteiger partial charge < -0.3 is 14.5 Å². The number of benzene rings is 1. The van der Waals surface area contributed by atoms with Gasteiger partial charge in [0.05, 0.1) is 0 Å². The van der Waals surface area contributed by atoms with E-state index in [-0.39, 0.29) is 12.0 Å². The summed E-state index contributed by atoms with van der Waals surface area (Å²) in [7, 11) is 0. The fourth-order valence-electron chi connectivity index (χ4n) is 4.26. The molecule has 0 spiro atoms. The zero-order valence-corrected chi connectivity index (χ0v) is 16.7. The normalized spacial score (nSPS) is 20.4. The number of piperazine rings is 1. The van der Waals surface area contributed by atoms with Crippen LogP contribution in [-0.4, -0.2) is 46.5 Å². The molecule has 2 aromatic rings. The van der Waals surface area contributed by atoms with Crippen molar-refractivity contribution >= 4 is 11.7 Å². The summed E-state index contributed by atoms with van der Waals surface area (Å²) in [5.41, 5.74) is 1.14. The van der Waals surface area contributed by atoms with Crippen LogP contribution in [0.3, 0.4) is 0 Å². The molecule has 0 radical (unpaired) electrons. The van der Waals surface area contributed by atoms with Gasteiger partial charge in [0.15, 0.2) is 0 Å². The Morgan fingerprint density at radius 3 is 2.71 bits per heavy atom. The highest BCUT2D eigenvalue weighted by Crippen LogP contribution is 2.29. The minimum Gasteiger partial charge on any atom is -0.439 e. The average Bonchev–Trinajstić information content (AvgIpc) is 3.22. The topological polar surface area (TPSA) is 58.6 Å². The number of aryl methyl sites for hydroxylation is 1. The molecule has 6 nitrogen and oxygen atoms in total. The lowest BCUT2D eigenvalue weighted by atomic mass is 10.0. The largest absolute Gasteiger partial charge is 0.439 e. The summed E-state index contributed by atoms with van der Waals surface area (Å²) in [5, 5.41) is 0. The third-order valence-electron chi connectivity index (χ3n) is 5.78. The number of ether oxygens (including phenoxy) is 1. The number of amides is 1. The van der Waals surface area contributed by atoms with E-state index in [1.54, 1.807) is 6.33 Å². The molecule has 0 unspecified atom stereocenters. The second-order valence-corrected chi connectivity index (χ2v) is 7.94. The van der Waals surface area contributed by atoms with E-state index >= 15 is 0 Å². The molecule has 2 fully saturated rings. The minimum atomic E-state index is 0.179. The quantitative estimate of drug-likeness (QED) is 0.807. The predicted octanol–water partition coefficient (Wildman–Crippen LogP) is 3.80. The predicted molar refractivity (Wildman–Crippen MR) is 109 cm³/mol. The third-order valence-corrected chi connectivity index (χ3v) is 5.78. The van der Waals surface area contributed by atoms with Crippen molar-refractivity contribution in [1.82, 2.24) is 14.9 Å². The first-order chi connectivity index (χ1) is 13.6. The summed E-state index contributed by atoms with van der Waals surface area (Å²) >= 11 is 0. The molecule has 1 saturated carbocycles. The number of carbonyl (C=O) groups excluding carboxylic acids is 1. The van der Waals surface area contributed by atoms with Crippen molar-refractivity contribution in [2.45, 2.75) is 45.6 Å². The van der Waals surface area contributed by atoms with Gasteiger partial charge in [0.1, 0.15) is 17.9 Å². The SMILES string of the molecule is Cc1cccc(Oc2cc(N3CCN(C(=O)C4CCCC4)[C@@H](C)C3)ncn2)c1. The van der Waals surface area contributed by atoms with Gasteiger partial charge in [-0.2, -0.15) is 0 Å². The fraction of sp³-hybridized carbons (Fsp3) is 0.500. The van der Waals surface area contributed by atoms with Gasteiger partial charge in [-0.15, -0.1) is 0 Å². The van der Waals surface area contributed by atoms with Crippen LogP contribution >= 0.6 is 0 Å². The van der Waals surface area contributed by atoms with Crippen LogP contribution in [0.25, 0.3) is 0 Å². The molecule has 1 amide bonds.